The predicted molar refractivity (Wildman–Crippen MR) is 46.6 cm³/mol. The first-order chi connectivity index (χ1) is 5.65. The minimum Gasteiger partial charge on any atom is -0.345 e. The highest BCUT2D eigenvalue weighted by molar-refractivity contribution is 5.84. The number of amides is 1. The van der Waals surface area contributed by atoms with E-state index in [1.54, 1.807) is 0 Å². The summed E-state index contributed by atoms with van der Waals surface area (Å²) in [6.45, 7) is 3.66. The summed E-state index contributed by atoms with van der Waals surface area (Å²) in [5.74, 6) is -0.253. The van der Waals surface area contributed by atoms with Gasteiger partial charge in [0.05, 0.1) is 12.1 Å². The topological polar surface area (TPSA) is 72.2 Å². The van der Waals surface area contributed by atoms with Gasteiger partial charge in [0, 0.05) is 0 Å². The standard InChI is InChI=1S/C8H16N2O2/c1-3-6(5-11)10-8(12)7(9)4-2/h5-7H,3-4,9H2,1-2H3,(H,10,12)/t6-,7-/m0/s1. The molecule has 0 saturated heterocycles. The summed E-state index contributed by atoms with van der Waals surface area (Å²) >= 11 is 0. The normalized spacial score (nSPS) is 14.9. The van der Waals surface area contributed by atoms with E-state index in [-0.39, 0.29) is 5.91 Å². The van der Waals surface area contributed by atoms with Gasteiger partial charge in [-0.15, -0.1) is 0 Å². The van der Waals surface area contributed by atoms with Gasteiger partial charge in [-0.3, -0.25) is 4.79 Å². The van der Waals surface area contributed by atoms with Crippen molar-refractivity contribution < 1.29 is 9.59 Å². The molecular weight excluding hydrogens is 156 g/mol. The summed E-state index contributed by atoms with van der Waals surface area (Å²) in [4.78, 5) is 21.4. The summed E-state index contributed by atoms with van der Waals surface area (Å²) in [6, 6.07) is -0.894. The monoisotopic (exact) mass is 172 g/mol. The van der Waals surface area contributed by atoms with E-state index in [0.717, 1.165) is 6.29 Å². The maximum atomic E-state index is 11.1. The summed E-state index contributed by atoms with van der Waals surface area (Å²) in [5, 5.41) is 2.54. The molecule has 0 spiro atoms. The van der Waals surface area contributed by atoms with Crippen LogP contribution in [0.2, 0.25) is 0 Å². The Kier molecular flexibility index (Phi) is 5.28. The van der Waals surface area contributed by atoms with E-state index < -0.39 is 12.1 Å². The van der Waals surface area contributed by atoms with Crippen LogP contribution in [-0.2, 0) is 9.59 Å². The molecule has 2 atom stereocenters. The van der Waals surface area contributed by atoms with Crippen molar-refractivity contribution in [2.75, 3.05) is 0 Å². The van der Waals surface area contributed by atoms with E-state index >= 15 is 0 Å². The van der Waals surface area contributed by atoms with Crippen molar-refractivity contribution in [2.45, 2.75) is 38.8 Å². The second-order valence-electron chi connectivity index (χ2n) is 2.67. The Morgan fingerprint density at radius 2 is 2.08 bits per heavy atom. The Morgan fingerprint density at radius 1 is 1.50 bits per heavy atom. The molecule has 0 unspecified atom stereocenters. The number of carbonyl (C=O) groups excluding carboxylic acids is 2. The van der Waals surface area contributed by atoms with Crippen LogP contribution in [0.3, 0.4) is 0 Å². The molecule has 0 rings (SSSR count). The maximum Gasteiger partial charge on any atom is 0.237 e. The smallest absolute Gasteiger partial charge is 0.237 e. The van der Waals surface area contributed by atoms with Crippen molar-refractivity contribution >= 4 is 12.2 Å². The summed E-state index contributed by atoms with van der Waals surface area (Å²) in [5.41, 5.74) is 5.45. The lowest BCUT2D eigenvalue weighted by Crippen LogP contribution is -2.45. The van der Waals surface area contributed by atoms with E-state index in [2.05, 4.69) is 5.32 Å². The van der Waals surface area contributed by atoms with Gasteiger partial charge in [0.2, 0.25) is 5.91 Å². The second kappa shape index (κ2) is 5.71. The van der Waals surface area contributed by atoms with Crippen molar-refractivity contribution in [1.82, 2.24) is 5.32 Å². The van der Waals surface area contributed by atoms with Gasteiger partial charge in [0.15, 0.2) is 0 Å². The fraction of sp³-hybridized carbons (Fsp3) is 0.750. The highest BCUT2D eigenvalue weighted by Crippen LogP contribution is 1.90. The molecule has 12 heavy (non-hydrogen) atoms. The molecular formula is C8H16N2O2. The van der Waals surface area contributed by atoms with E-state index in [1.807, 2.05) is 13.8 Å². The first-order valence-electron chi connectivity index (χ1n) is 4.16. The maximum absolute atomic E-state index is 11.1. The highest BCUT2D eigenvalue weighted by atomic mass is 16.2. The Hall–Kier alpha value is -0.900. The van der Waals surface area contributed by atoms with Crippen molar-refractivity contribution in [1.29, 1.82) is 0 Å². The molecule has 0 aliphatic heterocycles. The molecule has 0 aliphatic rings. The zero-order valence-corrected chi connectivity index (χ0v) is 7.54. The van der Waals surface area contributed by atoms with Gasteiger partial charge in [-0.25, -0.2) is 0 Å². The molecule has 3 N–H and O–H groups in total. The van der Waals surface area contributed by atoms with E-state index in [4.69, 9.17) is 5.73 Å². The second-order valence-corrected chi connectivity index (χ2v) is 2.67. The summed E-state index contributed by atoms with van der Waals surface area (Å²) < 4.78 is 0. The number of nitrogens with two attached hydrogens (primary N) is 1. The van der Waals surface area contributed by atoms with Crippen molar-refractivity contribution in [3.05, 3.63) is 0 Å². The molecule has 0 aromatic heterocycles. The number of carbonyl (C=O) groups is 2. The lowest BCUT2D eigenvalue weighted by molar-refractivity contribution is -0.125. The largest absolute Gasteiger partial charge is 0.345 e. The van der Waals surface area contributed by atoms with Crippen LogP contribution >= 0.6 is 0 Å². The van der Waals surface area contributed by atoms with Gasteiger partial charge < -0.3 is 15.8 Å². The SMILES string of the molecule is CC[C@@H](C=O)NC(=O)[C@@H](N)CC. The number of aldehydes is 1. The highest BCUT2D eigenvalue weighted by Gasteiger charge is 2.14. The number of hydrogen-bond donors (Lipinski definition) is 2. The number of rotatable bonds is 5. The third kappa shape index (κ3) is 3.48. The molecule has 0 aromatic rings. The van der Waals surface area contributed by atoms with Gasteiger partial charge in [-0.2, -0.15) is 0 Å². The molecule has 0 heterocycles. The van der Waals surface area contributed by atoms with E-state index in [9.17, 15) is 9.59 Å². The van der Waals surface area contributed by atoms with Crippen molar-refractivity contribution in [2.24, 2.45) is 5.73 Å². The quantitative estimate of drug-likeness (QED) is 0.565. The predicted octanol–water partition coefficient (Wildman–Crippen LogP) is -0.183. The number of hydrogen-bond acceptors (Lipinski definition) is 3. The van der Waals surface area contributed by atoms with Gasteiger partial charge in [0.25, 0.3) is 0 Å². The number of nitrogens with one attached hydrogen (secondary N) is 1. The molecule has 0 aromatic carbocycles. The van der Waals surface area contributed by atoms with Crippen LogP contribution in [-0.4, -0.2) is 24.3 Å². The third-order valence-corrected chi connectivity index (χ3v) is 1.71. The molecule has 0 radical (unpaired) electrons. The third-order valence-electron chi connectivity index (χ3n) is 1.71. The molecule has 0 fully saturated rings. The van der Waals surface area contributed by atoms with E-state index in [1.165, 1.54) is 0 Å². The van der Waals surface area contributed by atoms with Crippen molar-refractivity contribution in [3.63, 3.8) is 0 Å². The average molecular weight is 172 g/mol. The molecule has 0 aliphatic carbocycles. The zero-order valence-electron chi connectivity index (χ0n) is 7.54. The molecule has 70 valence electrons. The molecule has 1 amide bonds. The van der Waals surface area contributed by atoms with Crippen LogP contribution in [0.1, 0.15) is 26.7 Å². The van der Waals surface area contributed by atoms with E-state index in [0.29, 0.717) is 12.8 Å². The van der Waals surface area contributed by atoms with Crippen LogP contribution in [0.4, 0.5) is 0 Å². The Labute approximate surface area is 72.5 Å². The molecule has 0 saturated carbocycles. The first kappa shape index (κ1) is 11.1. The lowest BCUT2D eigenvalue weighted by Gasteiger charge is -2.13. The Bertz CT molecular complexity index is 159. The van der Waals surface area contributed by atoms with Gasteiger partial charge in [-0.1, -0.05) is 13.8 Å². The average Bonchev–Trinajstić information content (AvgIpc) is 2.12. The zero-order chi connectivity index (χ0) is 9.56. The van der Waals surface area contributed by atoms with Crippen LogP contribution < -0.4 is 11.1 Å². The molecule has 4 heteroatoms. The lowest BCUT2D eigenvalue weighted by atomic mass is 10.2. The summed E-state index contributed by atoms with van der Waals surface area (Å²) in [7, 11) is 0. The van der Waals surface area contributed by atoms with Gasteiger partial charge in [-0.05, 0) is 12.8 Å². The summed E-state index contributed by atoms with van der Waals surface area (Å²) in [6.07, 6.45) is 1.91. The Morgan fingerprint density at radius 3 is 2.42 bits per heavy atom. The van der Waals surface area contributed by atoms with Crippen molar-refractivity contribution in [3.8, 4) is 0 Å². The van der Waals surface area contributed by atoms with Crippen LogP contribution in [0.15, 0.2) is 0 Å². The Balaban J connectivity index is 3.89. The molecule has 0 bridgehead atoms. The fourth-order valence-corrected chi connectivity index (χ4v) is 0.707. The minimum atomic E-state index is -0.501. The van der Waals surface area contributed by atoms with Crippen LogP contribution in [0, 0.1) is 0 Å². The first-order valence-corrected chi connectivity index (χ1v) is 4.16. The van der Waals surface area contributed by atoms with Gasteiger partial charge in [0.1, 0.15) is 6.29 Å². The van der Waals surface area contributed by atoms with Crippen LogP contribution in [0.5, 0.6) is 0 Å². The fourth-order valence-electron chi connectivity index (χ4n) is 0.707. The molecule has 4 nitrogen and oxygen atoms in total. The minimum absolute atomic E-state index is 0.253. The van der Waals surface area contributed by atoms with Crippen LogP contribution in [0.25, 0.3) is 0 Å². The van der Waals surface area contributed by atoms with Gasteiger partial charge >= 0.3 is 0 Å².